The highest BCUT2D eigenvalue weighted by Crippen LogP contribution is 2.28. The first-order valence-electron chi connectivity index (χ1n) is 7.99. The van der Waals surface area contributed by atoms with Gasteiger partial charge in [-0.1, -0.05) is 12.5 Å². The molecule has 2 fully saturated rings. The molecule has 1 aliphatic carbocycles. The van der Waals surface area contributed by atoms with E-state index < -0.39 is 5.82 Å². The largest absolute Gasteiger partial charge is 0.341 e. The molecule has 0 atom stereocenters. The SMILES string of the molecule is O=C(c1cccc(F)c1)N1CCCN(C(=O)C2CCC2)CC1. The lowest BCUT2D eigenvalue weighted by atomic mass is 9.84. The monoisotopic (exact) mass is 304 g/mol. The van der Waals surface area contributed by atoms with Gasteiger partial charge in [0.1, 0.15) is 5.82 Å². The predicted octanol–water partition coefficient (Wildman–Crippen LogP) is 2.30. The number of benzene rings is 1. The van der Waals surface area contributed by atoms with E-state index in [1.165, 1.54) is 12.1 Å². The van der Waals surface area contributed by atoms with Crippen LogP contribution in [-0.4, -0.2) is 47.8 Å². The standard InChI is InChI=1S/C17H21FN2O2/c18-15-7-2-6-14(12-15)17(22)20-9-3-8-19(10-11-20)16(21)13-4-1-5-13/h2,6-7,12-13H,1,3-5,8-11H2. The van der Waals surface area contributed by atoms with Gasteiger partial charge in [0.15, 0.2) is 0 Å². The summed E-state index contributed by atoms with van der Waals surface area (Å²) in [7, 11) is 0. The van der Waals surface area contributed by atoms with Gasteiger partial charge >= 0.3 is 0 Å². The molecule has 0 spiro atoms. The molecule has 1 heterocycles. The van der Waals surface area contributed by atoms with Gasteiger partial charge in [0.2, 0.25) is 5.91 Å². The minimum atomic E-state index is -0.401. The van der Waals surface area contributed by atoms with Crippen LogP contribution in [0.25, 0.3) is 0 Å². The Morgan fingerprint density at radius 2 is 1.73 bits per heavy atom. The Morgan fingerprint density at radius 3 is 2.41 bits per heavy atom. The number of carbonyl (C=O) groups is 2. The maximum Gasteiger partial charge on any atom is 0.254 e. The van der Waals surface area contributed by atoms with Crippen molar-refractivity contribution in [1.82, 2.24) is 9.80 Å². The summed E-state index contributed by atoms with van der Waals surface area (Å²) in [4.78, 5) is 28.4. The fourth-order valence-electron chi connectivity index (χ4n) is 3.06. The number of rotatable bonds is 2. The molecule has 2 amide bonds. The zero-order chi connectivity index (χ0) is 15.5. The van der Waals surface area contributed by atoms with Gasteiger partial charge in [-0.25, -0.2) is 4.39 Å². The average molecular weight is 304 g/mol. The second-order valence-electron chi connectivity index (χ2n) is 6.11. The third-order valence-corrected chi connectivity index (χ3v) is 4.62. The van der Waals surface area contributed by atoms with Gasteiger partial charge < -0.3 is 9.80 Å². The molecular formula is C17H21FN2O2. The number of carbonyl (C=O) groups excluding carboxylic acids is 2. The first kappa shape index (κ1) is 15.0. The van der Waals surface area contributed by atoms with E-state index in [0.29, 0.717) is 31.7 Å². The van der Waals surface area contributed by atoms with Crippen molar-refractivity contribution in [2.24, 2.45) is 5.92 Å². The van der Waals surface area contributed by atoms with E-state index in [4.69, 9.17) is 0 Å². The zero-order valence-electron chi connectivity index (χ0n) is 12.6. The molecule has 4 nitrogen and oxygen atoms in total. The molecule has 22 heavy (non-hydrogen) atoms. The summed E-state index contributed by atoms with van der Waals surface area (Å²) in [5.41, 5.74) is 0.374. The van der Waals surface area contributed by atoms with Gasteiger partial charge in [0, 0.05) is 37.7 Å². The minimum absolute atomic E-state index is 0.155. The van der Waals surface area contributed by atoms with Gasteiger partial charge in [-0.3, -0.25) is 9.59 Å². The highest BCUT2D eigenvalue weighted by molar-refractivity contribution is 5.94. The van der Waals surface area contributed by atoms with E-state index in [-0.39, 0.29) is 17.7 Å². The Kier molecular flexibility index (Phi) is 4.41. The molecular weight excluding hydrogens is 283 g/mol. The summed E-state index contributed by atoms with van der Waals surface area (Å²) < 4.78 is 13.3. The number of halogens is 1. The second kappa shape index (κ2) is 6.46. The van der Waals surface area contributed by atoms with E-state index >= 15 is 0 Å². The summed E-state index contributed by atoms with van der Waals surface area (Å²) >= 11 is 0. The molecule has 0 aromatic heterocycles. The van der Waals surface area contributed by atoms with E-state index in [1.807, 2.05) is 4.90 Å². The second-order valence-corrected chi connectivity index (χ2v) is 6.11. The Balaban J connectivity index is 1.62. The van der Waals surface area contributed by atoms with E-state index in [2.05, 4.69) is 0 Å². The third kappa shape index (κ3) is 3.13. The molecule has 2 aliphatic rings. The highest BCUT2D eigenvalue weighted by atomic mass is 19.1. The van der Waals surface area contributed by atoms with Crippen molar-refractivity contribution in [3.63, 3.8) is 0 Å². The van der Waals surface area contributed by atoms with Crippen LogP contribution in [0.4, 0.5) is 4.39 Å². The average Bonchev–Trinajstić information content (AvgIpc) is 2.70. The van der Waals surface area contributed by atoms with Crippen LogP contribution in [0.5, 0.6) is 0 Å². The number of amides is 2. The number of hydrogen-bond acceptors (Lipinski definition) is 2. The van der Waals surface area contributed by atoms with Crippen molar-refractivity contribution in [3.05, 3.63) is 35.6 Å². The third-order valence-electron chi connectivity index (χ3n) is 4.62. The molecule has 0 N–H and O–H groups in total. The summed E-state index contributed by atoms with van der Waals surface area (Å²) in [6.45, 7) is 2.43. The number of hydrogen-bond donors (Lipinski definition) is 0. The van der Waals surface area contributed by atoms with E-state index in [9.17, 15) is 14.0 Å². The van der Waals surface area contributed by atoms with Gasteiger partial charge in [-0.2, -0.15) is 0 Å². The van der Waals surface area contributed by atoms with Crippen LogP contribution in [0.1, 0.15) is 36.0 Å². The molecule has 1 aromatic rings. The molecule has 1 saturated carbocycles. The first-order valence-corrected chi connectivity index (χ1v) is 7.99. The van der Waals surface area contributed by atoms with Gasteiger partial charge in [0.05, 0.1) is 0 Å². The van der Waals surface area contributed by atoms with E-state index in [0.717, 1.165) is 25.7 Å². The Hall–Kier alpha value is -1.91. The minimum Gasteiger partial charge on any atom is -0.341 e. The summed E-state index contributed by atoms with van der Waals surface area (Å²) in [5, 5.41) is 0. The Morgan fingerprint density at radius 1 is 1.00 bits per heavy atom. The highest BCUT2D eigenvalue weighted by Gasteiger charge is 2.31. The topological polar surface area (TPSA) is 40.6 Å². The van der Waals surface area contributed by atoms with Crippen molar-refractivity contribution in [1.29, 1.82) is 0 Å². The molecule has 5 heteroatoms. The van der Waals surface area contributed by atoms with Crippen molar-refractivity contribution in [2.75, 3.05) is 26.2 Å². The van der Waals surface area contributed by atoms with Crippen LogP contribution < -0.4 is 0 Å². The van der Waals surface area contributed by atoms with Crippen molar-refractivity contribution in [2.45, 2.75) is 25.7 Å². The molecule has 1 aromatic carbocycles. The molecule has 118 valence electrons. The maximum absolute atomic E-state index is 13.3. The predicted molar refractivity (Wildman–Crippen MR) is 80.8 cm³/mol. The lowest BCUT2D eigenvalue weighted by Gasteiger charge is -2.31. The lowest BCUT2D eigenvalue weighted by Crippen LogP contribution is -2.41. The summed E-state index contributed by atoms with van der Waals surface area (Å²) in [6, 6.07) is 5.78. The fraction of sp³-hybridized carbons (Fsp3) is 0.529. The normalized spacial score (nSPS) is 19.5. The van der Waals surface area contributed by atoms with Crippen molar-refractivity contribution < 1.29 is 14.0 Å². The number of nitrogens with zero attached hydrogens (tertiary/aromatic N) is 2. The maximum atomic E-state index is 13.3. The quantitative estimate of drug-likeness (QED) is 0.841. The van der Waals surface area contributed by atoms with Crippen LogP contribution in [0.3, 0.4) is 0 Å². The first-order chi connectivity index (χ1) is 10.6. The molecule has 0 unspecified atom stereocenters. The van der Waals surface area contributed by atoms with Crippen molar-refractivity contribution >= 4 is 11.8 Å². The van der Waals surface area contributed by atoms with Gasteiger partial charge in [0.25, 0.3) is 5.91 Å². The molecule has 0 radical (unpaired) electrons. The van der Waals surface area contributed by atoms with E-state index in [1.54, 1.807) is 17.0 Å². The Labute approximate surface area is 129 Å². The molecule has 0 bridgehead atoms. The van der Waals surface area contributed by atoms with Crippen LogP contribution in [0.15, 0.2) is 24.3 Å². The van der Waals surface area contributed by atoms with Gasteiger partial charge in [-0.15, -0.1) is 0 Å². The Bertz CT molecular complexity index is 572. The van der Waals surface area contributed by atoms with Crippen molar-refractivity contribution in [3.8, 4) is 0 Å². The lowest BCUT2D eigenvalue weighted by molar-refractivity contribution is -0.138. The van der Waals surface area contributed by atoms with Crippen LogP contribution in [0.2, 0.25) is 0 Å². The zero-order valence-corrected chi connectivity index (χ0v) is 12.6. The fourth-order valence-corrected chi connectivity index (χ4v) is 3.06. The van der Waals surface area contributed by atoms with Gasteiger partial charge in [-0.05, 0) is 37.5 Å². The smallest absolute Gasteiger partial charge is 0.254 e. The van der Waals surface area contributed by atoms with Crippen LogP contribution in [-0.2, 0) is 4.79 Å². The molecule has 1 saturated heterocycles. The molecule has 1 aliphatic heterocycles. The van der Waals surface area contributed by atoms with Crippen LogP contribution in [0, 0.1) is 11.7 Å². The summed E-state index contributed by atoms with van der Waals surface area (Å²) in [6.07, 6.45) is 3.93. The molecule has 3 rings (SSSR count). The summed E-state index contributed by atoms with van der Waals surface area (Å²) in [5.74, 6) is -0.114. The van der Waals surface area contributed by atoms with Crippen LogP contribution >= 0.6 is 0 Å².